The molecule has 142 valence electrons. The van der Waals surface area contributed by atoms with Crippen LogP contribution in [0, 0.1) is 0 Å². The average molecular weight is 385 g/mol. The first-order chi connectivity index (χ1) is 13.0. The summed E-state index contributed by atoms with van der Waals surface area (Å²) in [5, 5.41) is 10.6. The molecule has 1 atom stereocenters. The molecule has 2 N–H and O–H groups in total. The van der Waals surface area contributed by atoms with E-state index in [1.807, 2.05) is 19.9 Å². The number of hydrogen-bond donors (Lipinski definition) is 2. The summed E-state index contributed by atoms with van der Waals surface area (Å²) in [6.07, 6.45) is 2.70. The molecule has 4 rings (SSSR count). The molecule has 1 aliphatic rings. The molecule has 0 saturated carbocycles. The van der Waals surface area contributed by atoms with Gasteiger partial charge < -0.3 is 15.0 Å². The van der Waals surface area contributed by atoms with E-state index in [4.69, 9.17) is 11.6 Å². The van der Waals surface area contributed by atoms with Crippen LogP contribution < -0.4 is 0 Å². The van der Waals surface area contributed by atoms with Crippen LogP contribution in [0.3, 0.4) is 0 Å². The van der Waals surface area contributed by atoms with Crippen LogP contribution in [0.1, 0.15) is 42.1 Å². The van der Waals surface area contributed by atoms with Crippen LogP contribution in [0.15, 0.2) is 42.6 Å². The third-order valence-corrected chi connectivity index (χ3v) is 5.40. The first-order valence-electron chi connectivity index (χ1n) is 9.35. The number of benzene rings is 2. The van der Waals surface area contributed by atoms with E-state index in [0.29, 0.717) is 16.3 Å². The number of halogens is 1. The van der Waals surface area contributed by atoms with Crippen molar-refractivity contribution < 1.29 is 9.90 Å². The van der Waals surface area contributed by atoms with Crippen LogP contribution in [-0.4, -0.2) is 41.1 Å². The Hall–Kier alpha value is -2.30. The fraction of sp³-hybridized carbons (Fsp3) is 0.318. The highest BCUT2D eigenvalue weighted by Crippen LogP contribution is 2.35. The Labute approximate surface area is 164 Å². The maximum Gasteiger partial charge on any atom is 0.337 e. The van der Waals surface area contributed by atoms with Gasteiger partial charge in [0.05, 0.1) is 10.6 Å². The Bertz CT molecular complexity index is 947. The molecule has 5 heteroatoms. The molecule has 0 aliphatic carbocycles. The highest BCUT2D eigenvalue weighted by Gasteiger charge is 2.21. The van der Waals surface area contributed by atoms with Gasteiger partial charge in [-0.1, -0.05) is 49.7 Å². The summed E-state index contributed by atoms with van der Waals surface area (Å²) in [6, 6.07) is 12.1. The van der Waals surface area contributed by atoms with E-state index in [2.05, 4.69) is 41.2 Å². The van der Waals surface area contributed by atoms with Crippen LogP contribution >= 0.6 is 11.6 Å². The zero-order valence-electron chi connectivity index (χ0n) is 15.9. The minimum atomic E-state index is -0.944. The summed E-state index contributed by atoms with van der Waals surface area (Å²) in [5.41, 5.74) is 4.19. The maximum absolute atomic E-state index is 11.4. The van der Waals surface area contributed by atoms with Gasteiger partial charge in [0.2, 0.25) is 0 Å². The smallest absolute Gasteiger partial charge is 0.337 e. The lowest BCUT2D eigenvalue weighted by atomic mass is 9.95. The molecule has 4 nitrogen and oxygen atoms in total. The molecular weight excluding hydrogens is 360 g/mol. The van der Waals surface area contributed by atoms with E-state index in [9.17, 15) is 9.90 Å². The number of fused-ring (bicyclic) bond motifs is 1. The topological polar surface area (TPSA) is 56.3 Å². The zero-order chi connectivity index (χ0) is 19.6. The van der Waals surface area contributed by atoms with Gasteiger partial charge in [0.1, 0.15) is 0 Å². The van der Waals surface area contributed by atoms with E-state index >= 15 is 0 Å². The number of nitrogens with one attached hydrogen (secondary N) is 1. The largest absolute Gasteiger partial charge is 0.478 e. The molecule has 1 aliphatic heterocycles. The third-order valence-electron chi connectivity index (χ3n) is 5.08. The Morgan fingerprint density at radius 3 is 2.52 bits per heavy atom. The van der Waals surface area contributed by atoms with Crippen LogP contribution in [-0.2, 0) is 0 Å². The summed E-state index contributed by atoms with van der Waals surface area (Å²) in [7, 11) is 2.15. The zero-order valence-corrected chi connectivity index (χ0v) is 16.7. The SMILES string of the molecule is CC.CN1CCC(c2ccc(-c3cc4c(C(=O)O)c[nH]c4cc3Cl)cc2)C1. The van der Waals surface area contributed by atoms with Gasteiger partial charge in [0, 0.05) is 29.2 Å². The van der Waals surface area contributed by atoms with Crippen molar-refractivity contribution in [3.8, 4) is 11.1 Å². The van der Waals surface area contributed by atoms with Gasteiger partial charge in [0.15, 0.2) is 0 Å². The van der Waals surface area contributed by atoms with E-state index in [1.165, 1.54) is 18.2 Å². The van der Waals surface area contributed by atoms with E-state index < -0.39 is 5.97 Å². The second kappa shape index (κ2) is 8.15. The molecule has 2 aromatic carbocycles. The van der Waals surface area contributed by atoms with Crippen molar-refractivity contribution >= 4 is 28.5 Å². The number of carboxylic acids is 1. The number of likely N-dealkylation sites (tertiary alicyclic amines) is 1. The third kappa shape index (κ3) is 3.87. The van der Waals surface area contributed by atoms with Crippen molar-refractivity contribution in [2.24, 2.45) is 0 Å². The maximum atomic E-state index is 11.4. The van der Waals surface area contributed by atoms with Crippen molar-refractivity contribution in [2.75, 3.05) is 20.1 Å². The molecule has 0 radical (unpaired) electrons. The molecule has 0 amide bonds. The highest BCUT2D eigenvalue weighted by atomic mass is 35.5. The Kier molecular flexibility index (Phi) is 5.88. The Balaban J connectivity index is 0.00000102. The summed E-state index contributed by atoms with van der Waals surface area (Å²) in [6.45, 7) is 6.23. The molecule has 1 saturated heterocycles. The normalized spacial score (nSPS) is 17.0. The number of aromatic carboxylic acids is 1. The number of H-pyrrole nitrogens is 1. The van der Waals surface area contributed by atoms with Gasteiger partial charge in [-0.25, -0.2) is 4.79 Å². The fourth-order valence-electron chi connectivity index (χ4n) is 3.68. The van der Waals surface area contributed by atoms with Gasteiger partial charge in [-0.2, -0.15) is 0 Å². The Morgan fingerprint density at radius 2 is 1.93 bits per heavy atom. The number of rotatable bonds is 3. The molecule has 27 heavy (non-hydrogen) atoms. The molecule has 1 fully saturated rings. The summed E-state index contributed by atoms with van der Waals surface area (Å²) in [4.78, 5) is 16.7. The van der Waals surface area contributed by atoms with Crippen molar-refractivity contribution in [1.29, 1.82) is 0 Å². The van der Waals surface area contributed by atoms with Crippen molar-refractivity contribution in [1.82, 2.24) is 9.88 Å². The van der Waals surface area contributed by atoms with Crippen LogP contribution in [0.2, 0.25) is 5.02 Å². The highest BCUT2D eigenvalue weighted by molar-refractivity contribution is 6.34. The van der Waals surface area contributed by atoms with E-state index in [0.717, 1.165) is 29.7 Å². The van der Waals surface area contributed by atoms with Crippen LogP contribution in [0.5, 0.6) is 0 Å². The summed E-state index contributed by atoms with van der Waals surface area (Å²) >= 11 is 6.44. The molecule has 0 bridgehead atoms. The predicted molar refractivity (Wildman–Crippen MR) is 112 cm³/mol. The van der Waals surface area contributed by atoms with E-state index in [-0.39, 0.29) is 5.56 Å². The fourth-order valence-corrected chi connectivity index (χ4v) is 3.96. The predicted octanol–water partition coefficient (Wildman–Crippen LogP) is 5.63. The lowest BCUT2D eigenvalue weighted by molar-refractivity contribution is 0.0699. The van der Waals surface area contributed by atoms with Crippen LogP contribution in [0.4, 0.5) is 0 Å². The molecule has 1 unspecified atom stereocenters. The molecule has 3 aromatic rings. The summed E-state index contributed by atoms with van der Waals surface area (Å²) < 4.78 is 0. The average Bonchev–Trinajstić information content (AvgIpc) is 3.29. The van der Waals surface area contributed by atoms with Crippen molar-refractivity contribution in [3.63, 3.8) is 0 Å². The number of aromatic amines is 1. The second-order valence-corrected chi connectivity index (χ2v) is 7.16. The first-order valence-corrected chi connectivity index (χ1v) is 9.73. The second-order valence-electron chi connectivity index (χ2n) is 6.75. The lowest BCUT2D eigenvalue weighted by Crippen LogP contribution is -2.13. The minimum absolute atomic E-state index is 0.263. The number of hydrogen-bond acceptors (Lipinski definition) is 2. The lowest BCUT2D eigenvalue weighted by Gasteiger charge is -2.12. The Morgan fingerprint density at radius 1 is 1.22 bits per heavy atom. The molecule has 2 heterocycles. The quantitative estimate of drug-likeness (QED) is 0.615. The standard InChI is InChI=1S/C20H19ClN2O2.C2H6/c1-23-7-6-14(11-23)12-2-4-13(5-3-12)15-8-16-17(20(24)25)10-22-19(16)9-18(15)21;1-2/h2-5,8-10,14,22H,6-7,11H2,1H3,(H,24,25);1-2H3. The number of carbonyl (C=O) groups is 1. The van der Waals surface area contributed by atoms with Crippen LogP contribution in [0.25, 0.3) is 22.0 Å². The monoisotopic (exact) mass is 384 g/mol. The number of aromatic nitrogens is 1. The van der Waals surface area contributed by atoms with Gasteiger partial charge >= 0.3 is 5.97 Å². The molecule has 1 aromatic heterocycles. The molecule has 0 spiro atoms. The van der Waals surface area contributed by atoms with Crippen molar-refractivity contribution in [2.45, 2.75) is 26.2 Å². The van der Waals surface area contributed by atoms with Gasteiger partial charge in [-0.15, -0.1) is 0 Å². The van der Waals surface area contributed by atoms with Gasteiger partial charge in [0.25, 0.3) is 0 Å². The van der Waals surface area contributed by atoms with Gasteiger partial charge in [-0.05, 0) is 49.2 Å². The van der Waals surface area contributed by atoms with E-state index in [1.54, 1.807) is 6.07 Å². The number of carboxylic acid groups (broad SMARTS) is 1. The molecular formula is C22H25ClN2O2. The first kappa shape index (κ1) is 19.5. The summed E-state index contributed by atoms with van der Waals surface area (Å²) in [5.74, 6) is -0.361. The number of nitrogens with zero attached hydrogens (tertiary/aromatic N) is 1. The minimum Gasteiger partial charge on any atom is -0.478 e. The van der Waals surface area contributed by atoms with Crippen molar-refractivity contribution in [3.05, 3.63) is 58.7 Å². The number of likely N-dealkylation sites (N-methyl/N-ethyl adjacent to an activating group) is 1. The van der Waals surface area contributed by atoms with Gasteiger partial charge in [-0.3, -0.25) is 0 Å².